The molecule has 1 heterocycles. The van der Waals surface area contributed by atoms with Gasteiger partial charge in [-0.2, -0.15) is 0 Å². The Kier molecular flexibility index (Phi) is 3.00. The minimum absolute atomic E-state index is 1.20. The average molecular weight is 202 g/mol. The van der Waals surface area contributed by atoms with Gasteiger partial charge in [0.2, 0.25) is 0 Å². The molecule has 0 fully saturated rings. The molecule has 0 saturated heterocycles. The van der Waals surface area contributed by atoms with Crippen LogP contribution in [0.2, 0.25) is 0 Å². The molecule has 0 aliphatic rings. The molecular weight excluding hydrogens is 188 g/mol. The van der Waals surface area contributed by atoms with Crippen LogP contribution in [-0.2, 0) is 6.42 Å². The van der Waals surface area contributed by atoms with E-state index in [1.807, 2.05) is 11.3 Å². The van der Waals surface area contributed by atoms with Crippen molar-refractivity contribution in [1.29, 1.82) is 0 Å². The molecule has 1 heteroatoms. The molecule has 0 bridgehead atoms. The first-order valence-corrected chi connectivity index (χ1v) is 5.91. The van der Waals surface area contributed by atoms with Gasteiger partial charge in [0.15, 0.2) is 0 Å². The van der Waals surface area contributed by atoms with Crippen molar-refractivity contribution in [3.05, 3.63) is 46.7 Å². The van der Waals surface area contributed by atoms with Gasteiger partial charge in [-0.3, -0.25) is 0 Å². The predicted octanol–water partition coefficient (Wildman–Crippen LogP) is 4.37. The monoisotopic (exact) mass is 202 g/mol. The molecule has 0 radical (unpaired) electrons. The van der Waals surface area contributed by atoms with Crippen LogP contribution in [0.25, 0.3) is 11.1 Å². The van der Waals surface area contributed by atoms with E-state index in [0.29, 0.717) is 0 Å². The maximum atomic E-state index is 2.23. The smallest absolute Gasteiger partial charge is 0.0123 e. The molecule has 14 heavy (non-hydrogen) atoms. The van der Waals surface area contributed by atoms with Gasteiger partial charge >= 0.3 is 0 Å². The van der Waals surface area contributed by atoms with Crippen molar-refractivity contribution < 1.29 is 0 Å². The second kappa shape index (κ2) is 4.43. The summed E-state index contributed by atoms with van der Waals surface area (Å²) in [5.74, 6) is 0. The number of rotatable bonds is 3. The Labute approximate surface area is 89.2 Å². The minimum Gasteiger partial charge on any atom is -0.148 e. The van der Waals surface area contributed by atoms with Gasteiger partial charge in [-0.25, -0.2) is 0 Å². The summed E-state index contributed by atoms with van der Waals surface area (Å²) in [5, 5.41) is 2.19. The van der Waals surface area contributed by atoms with Crippen LogP contribution in [-0.4, -0.2) is 0 Å². The van der Waals surface area contributed by atoms with Crippen LogP contribution >= 0.6 is 11.3 Å². The van der Waals surface area contributed by atoms with E-state index in [1.54, 1.807) is 0 Å². The number of aryl methyl sites for hydroxylation is 1. The normalized spacial score (nSPS) is 10.4. The molecule has 0 spiro atoms. The summed E-state index contributed by atoms with van der Waals surface area (Å²) in [5.41, 5.74) is 2.76. The summed E-state index contributed by atoms with van der Waals surface area (Å²) in [6, 6.07) is 12.9. The Morgan fingerprint density at radius 3 is 2.57 bits per heavy atom. The van der Waals surface area contributed by atoms with Gasteiger partial charge in [0.05, 0.1) is 0 Å². The van der Waals surface area contributed by atoms with Crippen LogP contribution in [0, 0.1) is 0 Å². The zero-order valence-corrected chi connectivity index (χ0v) is 9.18. The van der Waals surface area contributed by atoms with Crippen molar-refractivity contribution >= 4 is 11.3 Å². The molecule has 0 aliphatic heterocycles. The van der Waals surface area contributed by atoms with E-state index < -0.39 is 0 Å². The van der Waals surface area contributed by atoms with Crippen molar-refractivity contribution in [3.8, 4) is 11.1 Å². The Bertz CT molecular complexity index is 387. The molecule has 0 N–H and O–H groups in total. The zero-order chi connectivity index (χ0) is 9.80. The van der Waals surface area contributed by atoms with Gasteiger partial charge in [0.25, 0.3) is 0 Å². The van der Waals surface area contributed by atoms with Crippen LogP contribution in [0.1, 0.15) is 18.2 Å². The summed E-state index contributed by atoms with van der Waals surface area (Å²) in [6.07, 6.45) is 2.42. The SMILES string of the molecule is CCCc1sccc1-c1ccccc1. The molecule has 0 nitrogen and oxygen atoms in total. The van der Waals surface area contributed by atoms with Crippen molar-refractivity contribution in [2.24, 2.45) is 0 Å². The van der Waals surface area contributed by atoms with Crippen LogP contribution in [0.15, 0.2) is 41.8 Å². The van der Waals surface area contributed by atoms with E-state index in [0.717, 1.165) is 0 Å². The second-order valence-corrected chi connectivity index (χ2v) is 4.37. The number of hydrogen-bond donors (Lipinski definition) is 0. The second-order valence-electron chi connectivity index (χ2n) is 3.37. The Morgan fingerprint density at radius 1 is 1.07 bits per heavy atom. The van der Waals surface area contributed by atoms with Crippen molar-refractivity contribution in [1.82, 2.24) is 0 Å². The molecule has 2 aromatic rings. The lowest BCUT2D eigenvalue weighted by Crippen LogP contribution is -1.81. The van der Waals surface area contributed by atoms with E-state index in [4.69, 9.17) is 0 Å². The van der Waals surface area contributed by atoms with Gasteiger partial charge in [0.1, 0.15) is 0 Å². The molecule has 1 aromatic carbocycles. The summed E-state index contributed by atoms with van der Waals surface area (Å²) in [6.45, 7) is 2.23. The molecule has 0 atom stereocenters. The van der Waals surface area contributed by atoms with Crippen LogP contribution in [0.4, 0.5) is 0 Å². The van der Waals surface area contributed by atoms with Crippen LogP contribution < -0.4 is 0 Å². The van der Waals surface area contributed by atoms with E-state index in [-0.39, 0.29) is 0 Å². The average Bonchev–Trinajstić information content (AvgIpc) is 2.68. The minimum atomic E-state index is 1.20. The van der Waals surface area contributed by atoms with Gasteiger partial charge in [0, 0.05) is 4.88 Å². The van der Waals surface area contributed by atoms with Gasteiger partial charge < -0.3 is 0 Å². The lowest BCUT2D eigenvalue weighted by atomic mass is 10.1. The highest BCUT2D eigenvalue weighted by Gasteiger charge is 2.04. The van der Waals surface area contributed by atoms with Gasteiger partial charge in [-0.1, -0.05) is 43.7 Å². The van der Waals surface area contributed by atoms with Crippen LogP contribution in [0.5, 0.6) is 0 Å². The van der Waals surface area contributed by atoms with Gasteiger partial charge in [-0.05, 0) is 29.0 Å². The lowest BCUT2D eigenvalue weighted by molar-refractivity contribution is 0.941. The summed E-state index contributed by atoms with van der Waals surface area (Å²) >= 11 is 1.87. The van der Waals surface area contributed by atoms with Crippen LogP contribution in [0.3, 0.4) is 0 Å². The lowest BCUT2D eigenvalue weighted by Gasteiger charge is -2.01. The summed E-state index contributed by atoms with van der Waals surface area (Å²) < 4.78 is 0. The quantitative estimate of drug-likeness (QED) is 0.693. The molecule has 1 aromatic heterocycles. The predicted molar refractivity (Wildman–Crippen MR) is 63.8 cm³/mol. The molecule has 72 valence electrons. The highest BCUT2D eigenvalue weighted by atomic mass is 32.1. The van der Waals surface area contributed by atoms with E-state index in [2.05, 4.69) is 48.7 Å². The standard InChI is InChI=1S/C13H14S/c1-2-6-13-12(9-10-14-13)11-7-4-3-5-8-11/h3-5,7-10H,2,6H2,1H3. The first-order valence-electron chi connectivity index (χ1n) is 5.03. The first kappa shape index (κ1) is 9.47. The fourth-order valence-corrected chi connectivity index (χ4v) is 2.64. The fourth-order valence-electron chi connectivity index (χ4n) is 1.64. The van der Waals surface area contributed by atoms with E-state index in [1.165, 1.54) is 28.8 Å². The summed E-state index contributed by atoms with van der Waals surface area (Å²) in [7, 11) is 0. The van der Waals surface area contributed by atoms with Crippen molar-refractivity contribution in [2.45, 2.75) is 19.8 Å². The highest BCUT2D eigenvalue weighted by Crippen LogP contribution is 2.28. The summed E-state index contributed by atoms with van der Waals surface area (Å²) in [4.78, 5) is 1.51. The molecule has 0 aliphatic carbocycles. The molecule has 0 amide bonds. The molecule has 0 unspecified atom stereocenters. The Hall–Kier alpha value is -1.08. The number of hydrogen-bond acceptors (Lipinski definition) is 1. The first-order chi connectivity index (χ1) is 6.92. The fraction of sp³-hybridized carbons (Fsp3) is 0.231. The third kappa shape index (κ3) is 1.88. The largest absolute Gasteiger partial charge is 0.148 e. The highest BCUT2D eigenvalue weighted by molar-refractivity contribution is 7.10. The maximum Gasteiger partial charge on any atom is 0.0123 e. The molecule has 0 saturated carbocycles. The van der Waals surface area contributed by atoms with Gasteiger partial charge in [-0.15, -0.1) is 11.3 Å². The number of benzene rings is 1. The van der Waals surface area contributed by atoms with Crippen molar-refractivity contribution in [2.75, 3.05) is 0 Å². The topological polar surface area (TPSA) is 0 Å². The van der Waals surface area contributed by atoms with Crippen molar-refractivity contribution in [3.63, 3.8) is 0 Å². The molecular formula is C13H14S. The van der Waals surface area contributed by atoms with E-state index in [9.17, 15) is 0 Å². The zero-order valence-electron chi connectivity index (χ0n) is 8.36. The Balaban J connectivity index is 2.37. The third-order valence-corrected chi connectivity index (χ3v) is 3.29. The maximum absolute atomic E-state index is 2.23. The third-order valence-electron chi connectivity index (χ3n) is 2.31. The Morgan fingerprint density at radius 2 is 1.86 bits per heavy atom. The molecule has 2 rings (SSSR count). The number of thiophene rings is 1. The van der Waals surface area contributed by atoms with E-state index >= 15 is 0 Å².